The van der Waals surface area contributed by atoms with E-state index in [-0.39, 0.29) is 30.1 Å². The van der Waals surface area contributed by atoms with Crippen molar-refractivity contribution in [2.24, 2.45) is 11.8 Å². The quantitative estimate of drug-likeness (QED) is 0.468. The normalized spacial score (nSPS) is 19.8. The summed E-state index contributed by atoms with van der Waals surface area (Å²) in [6, 6.07) is 30.9. The van der Waals surface area contributed by atoms with Crippen LogP contribution in [0.1, 0.15) is 41.9 Å². The molecule has 2 aliphatic heterocycles. The largest absolute Gasteiger partial charge is 0.286 e. The van der Waals surface area contributed by atoms with Gasteiger partial charge in [-0.25, -0.2) is 0 Å². The molecule has 5 rings (SSSR count). The van der Waals surface area contributed by atoms with E-state index < -0.39 is 0 Å². The zero-order valence-electron chi connectivity index (χ0n) is 19.6. The number of hydrogen-bond acceptors (Lipinski definition) is 3. The molecule has 34 heavy (non-hydrogen) atoms. The molecule has 2 heterocycles. The van der Waals surface area contributed by atoms with Crippen LogP contribution in [0.4, 0.5) is 0 Å². The first-order valence-electron chi connectivity index (χ1n) is 12.4. The lowest BCUT2D eigenvalue weighted by Crippen LogP contribution is -2.45. The van der Waals surface area contributed by atoms with E-state index in [4.69, 9.17) is 0 Å². The van der Waals surface area contributed by atoms with Crippen molar-refractivity contribution in [2.75, 3.05) is 19.8 Å². The average molecular weight is 453 g/mol. The summed E-state index contributed by atoms with van der Waals surface area (Å²) in [6.07, 6.45) is 3.59. The zero-order valence-corrected chi connectivity index (χ0v) is 19.6. The third-order valence-electron chi connectivity index (χ3n) is 7.41. The van der Waals surface area contributed by atoms with Gasteiger partial charge in [-0.05, 0) is 41.9 Å². The summed E-state index contributed by atoms with van der Waals surface area (Å²) in [4.78, 5) is 30.4. The number of carbonyl (C=O) groups is 2. The summed E-state index contributed by atoms with van der Waals surface area (Å²) >= 11 is 0. The van der Waals surface area contributed by atoms with Crippen LogP contribution in [0.15, 0.2) is 91.0 Å². The van der Waals surface area contributed by atoms with Crippen molar-refractivity contribution < 1.29 is 9.59 Å². The van der Waals surface area contributed by atoms with Gasteiger partial charge in [0.05, 0.1) is 12.6 Å². The molecule has 4 heteroatoms. The molecule has 2 amide bonds. The second-order valence-corrected chi connectivity index (χ2v) is 9.66. The van der Waals surface area contributed by atoms with Gasteiger partial charge in [-0.15, -0.1) is 0 Å². The Kier molecular flexibility index (Phi) is 6.87. The van der Waals surface area contributed by atoms with Gasteiger partial charge in [0.15, 0.2) is 0 Å². The number of piperidine rings is 1. The predicted molar refractivity (Wildman–Crippen MR) is 134 cm³/mol. The van der Waals surface area contributed by atoms with Gasteiger partial charge in [0.1, 0.15) is 0 Å². The van der Waals surface area contributed by atoms with E-state index >= 15 is 0 Å². The van der Waals surface area contributed by atoms with Gasteiger partial charge in [0, 0.05) is 25.4 Å². The lowest BCUT2D eigenvalue weighted by molar-refractivity contribution is -0.142. The van der Waals surface area contributed by atoms with E-state index in [1.54, 1.807) is 0 Å². The molecular weight excluding hydrogens is 420 g/mol. The highest BCUT2D eigenvalue weighted by atomic mass is 16.2. The summed E-state index contributed by atoms with van der Waals surface area (Å²) in [5.74, 6) is 0.123. The molecule has 0 radical (unpaired) electrons. The molecule has 0 spiro atoms. The van der Waals surface area contributed by atoms with E-state index in [1.807, 2.05) is 36.4 Å². The van der Waals surface area contributed by atoms with Crippen LogP contribution < -0.4 is 0 Å². The lowest BCUT2D eigenvalue weighted by atomic mass is 9.80. The highest BCUT2D eigenvalue weighted by Crippen LogP contribution is 2.39. The Morgan fingerprint density at radius 1 is 0.735 bits per heavy atom. The molecule has 0 bridgehead atoms. The molecule has 2 saturated heterocycles. The van der Waals surface area contributed by atoms with Crippen LogP contribution in [0, 0.1) is 11.8 Å². The van der Waals surface area contributed by atoms with Crippen LogP contribution in [0.5, 0.6) is 0 Å². The number of hydrogen-bond donors (Lipinski definition) is 0. The van der Waals surface area contributed by atoms with Crippen molar-refractivity contribution in [1.29, 1.82) is 0 Å². The minimum absolute atomic E-state index is 0.0332. The van der Waals surface area contributed by atoms with Crippen LogP contribution in [0.3, 0.4) is 0 Å². The molecular formula is C30H32N2O2. The molecule has 1 unspecified atom stereocenters. The first-order chi connectivity index (χ1) is 16.7. The zero-order chi connectivity index (χ0) is 23.3. The van der Waals surface area contributed by atoms with Crippen molar-refractivity contribution in [3.05, 3.63) is 108 Å². The predicted octanol–water partition coefficient (Wildman–Crippen LogP) is 5.11. The number of likely N-dealkylation sites (tertiary alicyclic amines) is 2. The summed E-state index contributed by atoms with van der Waals surface area (Å²) in [7, 11) is 0. The van der Waals surface area contributed by atoms with E-state index in [1.165, 1.54) is 10.5 Å². The Balaban J connectivity index is 1.25. The number of rotatable bonds is 7. The maximum atomic E-state index is 13.6. The second-order valence-electron chi connectivity index (χ2n) is 9.66. The summed E-state index contributed by atoms with van der Waals surface area (Å²) < 4.78 is 0. The smallest absolute Gasteiger partial charge is 0.234 e. The van der Waals surface area contributed by atoms with Crippen LogP contribution in [0.2, 0.25) is 0 Å². The van der Waals surface area contributed by atoms with Crippen LogP contribution in [-0.4, -0.2) is 41.4 Å². The molecule has 174 valence electrons. The van der Waals surface area contributed by atoms with Gasteiger partial charge in [-0.1, -0.05) is 91.0 Å². The molecule has 3 aromatic carbocycles. The maximum absolute atomic E-state index is 13.6. The summed E-state index contributed by atoms with van der Waals surface area (Å²) in [5, 5.41) is 0. The Morgan fingerprint density at radius 3 is 1.82 bits per heavy atom. The topological polar surface area (TPSA) is 40.6 Å². The van der Waals surface area contributed by atoms with Crippen LogP contribution >= 0.6 is 0 Å². The number of benzene rings is 3. The fourth-order valence-corrected chi connectivity index (χ4v) is 5.57. The van der Waals surface area contributed by atoms with Gasteiger partial charge in [0.2, 0.25) is 11.8 Å². The third-order valence-corrected chi connectivity index (χ3v) is 7.41. The minimum atomic E-state index is -0.354. The van der Waals surface area contributed by atoms with E-state index in [0.29, 0.717) is 12.6 Å². The van der Waals surface area contributed by atoms with Gasteiger partial charge >= 0.3 is 0 Å². The number of imide groups is 1. The van der Waals surface area contributed by atoms with E-state index in [0.717, 1.165) is 43.5 Å². The van der Waals surface area contributed by atoms with Gasteiger partial charge in [-0.3, -0.25) is 19.4 Å². The first kappa shape index (κ1) is 22.5. The number of amides is 2. The van der Waals surface area contributed by atoms with Gasteiger partial charge < -0.3 is 0 Å². The molecule has 0 aliphatic carbocycles. The maximum Gasteiger partial charge on any atom is 0.234 e. The summed E-state index contributed by atoms with van der Waals surface area (Å²) in [6.45, 7) is 2.28. The lowest BCUT2D eigenvalue weighted by Gasteiger charge is -2.34. The van der Waals surface area contributed by atoms with E-state index in [2.05, 4.69) is 59.5 Å². The standard InChI is InChI=1S/C30H32N2O2/c33-28-21-27(29(25-12-6-2-7-13-25)26-14-8-3-9-15-26)30(34)32(28)22-31-18-16-24(17-19-31)20-23-10-4-1-5-11-23/h1-15,24,27,29H,16-22H2. The third kappa shape index (κ3) is 4.97. The molecule has 0 aromatic heterocycles. The Hall–Kier alpha value is -3.24. The molecule has 3 aromatic rings. The fourth-order valence-electron chi connectivity index (χ4n) is 5.57. The van der Waals surface area contributed by atoms with Gasteiger partial charge in [0.25, 0.3) is 0 Å². The van der Waals surface area contributed by atoms with Crippen molar-refractivity contribution in [3.8, 4) is 0 Å². The minimum Gasteiger partial charge on any atom is -0.286 e. The Bertz CT molecular complexity index is 1050. The molecule has 4 nitrogen and oxygen atoms in total. The number of nitrogens with zero attached hydrogens (tertiary/aromatic N) is 2. The fraction of sp³-hybridized carbons (Fsp3) is 0.333. The first-order valence-corrected chi connectivity index (χ1v) is 12.4. The van der Waals surface area contributed by atoms with Crippen LogP contribution in [-0.2, 0) is 16.0 Å². The molecule has 0 saturated carbocycles. The van der Waals surface area contributed by atoms with Gasteiger partial charge in [-0.2, -0.15) is 0 Å². The number of carbonyl (C=O) groups excluding carboxylic acids is 2. The van der Waals surface area contributed by atoms with Crippen LogP contribution in [0.25, 0.3) is 0 Å². The SMILES string of the molecule is O=C1CC(C(c2ccccc2)c2ccccc2)C(=O)N1CN1CCC(Cc2ccccc2)CC1. The van der Waals surface area contributed by atoms with Crippen molar-refractivity contribution >= 4 is 11.8 Å². The highest BCUT2D eigenvalue weighted by molar-refractivity contribution is 6.04. The highest BCUT2D eigenvalue weighted by Gasteiger charge is 2.44. The molecule has 2 fully saturated rings. The average Bonchev–Trinajstić information content (AvgIpc) is 3.15. The Labute approximate surface area is 202 Å². The Morgan fingerprint density at radius 2 is 1.26 bits per heavy atom. The monoisotopic (exact) mass is 452 g/mol. The van der Waals surface area contributed by atoms with Crippen molar-refractivity contribution in [3.63, 3.8) is 0 Å². The van der Waals surface area contributed by atoms with Crippen molar-refractivity contribution in [2.45, 2.75) is 31.6 Å². The van der Waals surface area contributed by atoms with E-state index in [9.17, 15) is 9.59 Å². The molecule has 0 N–H and O–H groups in total. The molecule has 2 aliphatic rings. The second kappa shape index (κ2) is 10.4. The van der Waals surface area contributed by atoms with Crippen molar-refractivity contribution in [1.82, 2.24) is 9.80 Å². The summed E-state index contributed by atoms with van der Waals surface area (Å²) in [5.41, 5.74) is 3.56. The molecule has 1 atom stereocenters.